The zero-order valence-corrected chi connectivity index (χ0v) is 11.9. The number of nitrogens with two attached hydrogens (primary N) is 1. The van der Waals surface area contributed by atoms with Crippen molar-refractivity contribution in [1.29, 1.82) is 0 Å². The van der Waals surface area contributed by atoms with E-state index >= 15 is 0 Å². The summed E-state index contributed by atoms with van der Waals surface area (Å²) in [7, 11) is 1.75. The topological polar surface area (TPSA) is 46.3 Å². The van der Waals surface area contributed by atoms with Gasteiger partial charge in [0.1, 0.15) is 0 Å². The lowest BCUT2D eigenvalue weighted by molar-refractivity contribution is 0.0997. The number of rotatable bonds is 2. The Morgan fingerprint density at radius 1 is 1.21 bits per heavy atom. The molecule has 19 heavy (non-hydrogen) atoms. The second-order valence-electron chi connectivity index (χ2n) is 4.18. The van der Waals surface area contributed by atoms with E-state index in [1.807, 2.05) is 35.7 Å². The molecule has 0 spiro atoms. The van der Waals surface area contributed by atoms with Crippen LogP contribution in [0.15, 0.2) is 41.8 Å². The van der Waals surface area contributed by atoms with Crippen molar-refractivity contribution in [2.75, 3.05) is 17.7 Å². The molecule has 5 heteroatoms. The van der Waals surface area contributed by atoms with Crippen LogP contribution in [0.5, 0.6) is 0 Å². The predicted octanol–water partition coefficient (Wildman–Crippen LogP) is 3.82. The van der Waals surface area contributed by atoms with Gasteiger partial charge in [-0.15, -0.1) is 22.7 Å². The Balaban J connectivity index is 1.95. The molecule has 0 aliphatic heterocycles. The first-order valence-corrected chi connectivity index (χ1v) is 7.46. The highest BCUT2D eigenvalue weighted by atomic mass is 32.1. The van der Waals surface area contributed by atoms with E-state index in [0.29, 0.717) is 5.69 Å². The average Bonchev–Trinajstić information content (AvgIpc) is 2.98. The molecule has 3 nitrogen and oxygen atoms in total. The lowest BCUT2D eigenvalue weighted by atomic mass is 10.2. The first-order chi connectivity index (χ1) is 9.16. The highest BCUT2D eigenvalue weighted by molar-refractivity contribution is 7.27. The first kappa shape index (κ1) is 12.2. The van der Waals surface area contributed by atoms with Gasteiger partial charge in [0.15, 0.2) is 0 Å². The molecule has 2 N–H and O–H groups in total. The number of hydrogen-bond acceptors (Lipinski definition) is 4. The molecular formula is C14H12N2OS2. The lowest BCUT2D eigenvalue weighted by Crippen LogP contribution is -2.26. The van der Waals surface area contributed by atoms with E-state index in [1.54, 1.807) is 29.4 Å². The van der Waals surface area contributed by atoms with Crippen LogP contribution < -0.4 is 10.6 Å². The second-order valence-corrected chi connectivity index (χ2v) is 6.21. The predicted molar refractivity (Wildman–Crippen MR) is 83.3 cm³/mol. The molecular weight excluding hydrogens is 276 g/mol. The van der Waals surface area contributed by atoms with Gasteiger partial charge in [-0.2, -0.15) is 0 Å². The van der Waals surface area contributed by atoms with Crippen molar-refractivity contribution in [2.24, 2.45) is 0 Å². The summed E-state index contributed by atoms with van der Waals surface area (Å²) in [6.45, 7) is 0. The van der Waals surface area contributed by atoms with Gasteiger partial charge in [-0.3, -0.25) is 4.79 Å². The van der Waals surface area contributed by atoms with Gasteiger partial charge in [0.2, 0.25) is 0 Å². The van der Waals surface area contributed by atoms with Crippen molar-refractivity contribution in [1.82, 2.24) is 0 Å². The molecule has 0 atom stereocenters. The van der Waals surface area contributed by atoms with E-state index in [4.69, 9.17) is 5.73 Å². The normalized spacial score (nSPS) is 10.8. The van der Waals surface area contributed by atoms with Gasteiger partial charge in [-0.25, -0.2) is 0 Å². The maximum Gasteiger partial charge on any atom is 0.268 e. The van der Waals surface area contributed by atoms with E-state index in [1.165, 1.54) is 11.3 Å². The molecule has 1 amide bonds. The van der Waals surface area contributed by atoms with Gasteiger partial charge in [0.05, 0.1) is 16.3 Å². The van der Waals surface area contributed by atoms with Crippen LogP contribution in [0.3, 0.4) is 0 Å². The second kappa shape index (κ2) is 4.68. The van der Waals surface area contributed by atoms with Crippen LogP contribution in [0.2, 0.25) is 0 Å². The van der Waals surface area contributed by atoms with Crippen molar-refractivity contribution in [2.45, 2.75) is 0 Å². The van der Waals surface area contributed by atoms with Crippen LogP contribution in [-0.4, -0.2) is 13.0 Å². The largest absolute Gasteiger partial charge is 0.397 e. The van der Waals surface area contributed by atoms with Gasteiger partial charge in [-0.1, -0.05) is 12.1 Å². The third-order valence-corrected chi connectivity index (χ3v) is 5.03. The Labute approximate surface area is 118 Å². The molecule has 0 fully saturated rings. The van der Waals surface area contributed by atoms with Crippen molar-refractivity contribution in [3.8, 4) is 0 Å². The van der Waals surface area contributed by atoms with Crippen molar-refractivity contribution in [3.05, 3.63) is 46.7 Å². The minimum atomic E-state index is -0.0219. The molecule has 2 aromatic heterocycles. The minimum absolute atomic E-state index is 0.0219. The standard InChI is InChI=1S/C14H12N2OS2/c1-16(10-5-3-2-4-9(10)15)14(17)13-8-12-11(19-13)6-7-18-12/h2-8H,15H2,1H3. The molecule has 0 bridgehead atoms. The average molecular weight is 288 g/mol. The summed E-state index contributed by atoms with van der Waals surface area (Å²) >= 11 is 3.17. The summed E-state index contributed by atoms with van der Waals surface area (Å²) in [5.74, 6) is -0.0219. The fourth-order valence-electron chi connectivity index (χ4n) is 1.94. The molecule has 3 aromatic rings. The Morgan fingerprint density at radius 2 is 2.00 bits per heavy atom. The highest BCUT2D eigenvalue weighted by Gasteiger charge is 2.18. The van der Waals surface area contributed by atoms with E-state index in [0.717, 1.165) is 20.0 Å². The zero-order valence-electron chi connectivity index (χ0n) is 10.3. The number of fused-ring (bicyclic) bond motifs is 1. The summed E-state index contributed by atoms with van der Waals surface area (Å²) < 4.78 is 2.31. The maximum atomic E-state index is 12.5. The smallest absolute Gasteiger partial charge is 0.268 e. The van der Waals surface area contributed by atoms with Gasteiger partial charge in [-0.05, 0) is 29.6 Å². The fourth-order valence-corrected chi connectivity index (χ4v) is 4.02. The van der Waals surface area contributed by atoms with E-state index in [-0.39, 0.29) is 5.91 Å². The summed E-state index contributed by atoms with van der Waals surface area (Å²) in [5.41, 5.74) is 7.25. The molecule has 0 saturated heterocycles. The Bertz CT molecular complexity index is 716. The summed E-state index contributed by atoms with van der Waals surface area (Å²) in [4.78, 5) is 14.8. The lowest BCUT2D eigenvalue weighted by Gasteiger charge is -2.18. The number of nitrogen functional groups attached to an aromatic ring is 1. The van der Waals surface area contributed by atoms with E-state index in [2.05, 4.69) is 0 Å². The molecule has 0 aliphatic rings. The molecule has 0 unspecified atom stereocenters. The SMILES string of the molecule is CN(C(=O)c1cc2sccc2s1)c1ccccc1N. The van der Waals surface area contributed by atoms with Crippen LogP contribution in [0.1, 0.15) is 9.67 Å². The van der Waals surface area contributed by atoms with E-state index in [9.17, 15) is 4.79 Å². The molecule has 96 valence electrons. The number of benzene rings is 1. The van der Waals surface area contributed by atoms with Crippen LogP contribution >= 0.6 is 22.7 Å². The Morgan fingerprint density at radius 3 is 2.74 bits per heavy atom. The van der Waals surface area contributed by atoms with E-state index < -0.39 is 0 Å². The summed E-state index contributed by atoms with van der Waals surface area (Å²) in [6, 6.07) is 11.4. The maximum absolute atomic E-state index is 12.5. The number of nitrogens with zero attached hydrogens (tertiary/aromatic N) is 1. The van der Waals surface area contributed by atoms with Crippen LogP contribution in [0.25, 0.3) is 9.40 Å². The quantitative estimate of drug-likeness (QED) is 0.729. The van der Waals surface area contributed by atoms with Crippen LogP contribution in [0.4, 0.5) is 11.4 Å². The van der Waals surface area contributed by atoms with Crippen molar-refractivity contribution in [3.63, 3.8) is 0 Å². The van der Waals surface area contributed by atoms with Crippen LogP contribution in [0, 0.1) is 0 Å². The molecule has 1 aromatic carbocycles. The molecule has 0 aliphatic carbocycles. The Hall–Kier alpha value is -1.85. The number of hydrogen-bond donors (Lipinski definition) is 1. The van der Waals surface area contributed by atoms with Crippen molar-refractivity contribution < 1.29 is 4.79 Å². The highest BCUT2D eigenvalue weighted by Crippen LogP contribution is 2.32. The number of carbonyl (C=O) groups is 1. The third kappa shape index (κ3) is 2.11. The molecule has 3 rings (SSSR count). The number of anilines is 2. The summed E-state index contributed by atoms with van der Waals surface area (Å²) in [6.07, 6.45) is 0. The number of carbonyl (C=O) groups excluding carboxylic acids is 1. The van der Waals surface area contributed by atoms with Gasteiger partial charge in [0, 0.05) is 16.4 Å². The summed E-state index contributed by atoms with van der Waals surface area (Å²) in [5, 5.41) is 2.04. The van der Waals surface area contributed by atoms with Gasteiger partial charge in [0.25, 0.3) is 5.91 Å². The monoisotopic (exact) mass is 288 g/mol. The molecule has 0 radical (unpaired) electrons. The first-order valence-electron chi connectivity index (χ1n) is 5.76. The molecule has 0 saturated carbocycles. The van der Waals surface area contributed by atoms with Crippen LogP contribution in [-0.2, 0) is 0 Å². The molecule has 2 heterocycles. The third-order valence-electron chi connectivity index (χ3n) is 2.95. The number of thiophene rings is 2. The number of amides is 1. The van der Waals surface area contributed by atoms with Gasteiger partial charge < -0.3 is 10.6 Å². The number of para-hydroxylation sites is 2. The fraction of sp³-hybridized carbons (Fsp3) is 0.0714. The van der Waals surface area contributed by atoms with Gasteiger partial charge >= 0.3 is 0 Å². The minimum Gasteiger partial charge on any atom is -0.397 e. The zero-order chi connectivity index (χ0) is 13.4. The Kier molecular flexibility index (Phi) is 3.00. The van der Waals surface area contributed by atoms with Crippen molar-refractivity contribution >= 4 is 49.4 Å².